The second-order valence-corrected chi connectivity index (χ2v) is 5.97. The Hall–Kier alpha value is -3.67. The molecule has 6 nitrogen and oxygen atoms in total. The molecule has 0 aliphatic rings. The largest absolute Gasteiger partial charge is 0.345 e. The number of benzene rings is 2. The van der Waals surface area contributed by atoms with Crippen molar-refractivity contribution in [3.63, 3.8) is 0 Å². The maximum Gasteiger partial charge on any atom is 0.271 e. The van der Waals surface area contributed by atoms with Crippen LogP contribution in [0.15, 0.2) is 83.8 Å². The lowest BCUT2D eigenvalue weighted by Gasteiger charge is -2.19. The summed E-state index contributed by atoms with van der Waals surface area (Å²) in [7, 11) is 0. The first kappa shape index (κ1) is 18.1. The number of H-pyrrole nitrogens is 1. The summed E-state index contributed by atoms with van der Waals surface area (Å²) in [5.41, 5.74) is 1.11. The number of carbonyl (C=O) groups excluding carboxylic acids is 2. The first-order valence-corrected chi connectivity index (χ1v) is 8.52. The van der Waals surface area contributed by atoms with Gasteiger partial charge in [-0.2, -0.15) is 0 Å². The molecule has 1 aromatic heterocycles. The van der Waals surface area contributed by atoms with E-state index >= 15 is 0 Å². The number of aromatic nitrogens is 1. The van der Waals surface area contributed by atoms with Crippen molar-refractivity contribution in [2.75, 3.05) is 5.32 Å². The summed E-state index contributed by atoms with van der Waals surface area (Å²) in [5.74, 6) is -0.635. The molecule has 2 aromatic carbocycles. The van der Waals surface area contributed by atoms with Crippen LogP contribution in [0.4, 0.5) is 5.69 Å². The van der Waals surface area contributed by atoms with Gasteiger partial charge in [0.05, 0.1) is 12.5 Å². The lowest BCUT2D eigenvalue weighted by molar-refractivity contribution is -0.116. The third kappa shape index (κ3) is 4.92. The van der Waals surface area contributed by atoms with Crippen LogP contribution < -0.4 is 16.2 Å². The molecule has 3 rings (SSSR count). The number of nitrogens with one attached hydrogen (secondary N) is 3. The quantitative estimate of drug-likeness (QED) is 0.630. The van der Waals surface area contributed by atoms with Crippen molar-refractivity contribution in [3.05, 3.63) is 100 Å². The van der Waals surface area contributed by atoms with Crippen LogP contribution in [-0.2, 0) is 4.79 Å². The van der Waals surface area contributed by atoms with Gasteiger partial charge in [-0.1, -0.05) is 48.5 Å². The van der Waals surface area contributed by atoms with E-state index in [4.69, 9.17) is 0 Å². The summed E-state index contributed by atoms with van der Waals surface area (Å²) in [4.78, 5) is 39.2. The molecule has 1 atom stereocenters. The summed E-state index contributed by atoms with van der Waals surface area (Å²) >= 11 is 0. The highest BCUT2D eigenvalue weighted by molar-refractivity contribution is 5.95. The van der Waals surface area contributed by atoms with Gasteiger partial charge < -0.3 is 15.6 Å². The van der Waals surface area contributed by atoms with Crippen molar-refractivity contribution >= 4 is 17.5 Å². The average molecular weight is 361 g/mol. The maximum atomic E-state index is 12.5. The Labute approximate surface area is 156 Å². The van der Waals surface area contributed by atoms with E-state index in [2.05, 4.69) is 15.6 Å². The summed E-state index contributed by atoms with van der Waals surface area (Å²) in [6.45, 7) is 0. The first-order valence-electron chi connectivity index (χ1n) is 8.52. The van der Waals surface area contributed by atoms with Gasteiger partial charge >= 0.3 is 0 Å². The second kappa shape index (κ2) is 8.62. The van der Waals surface area contributed by atoms with Crippen molar-refractivity contribution in [2.24, 2.45) is 0 Å². The fourth-order valence-electron chi connectivity index (χ4n) is 2.68. The SMILES string of the molecule is O=C(C[C@H](NC(=O)c1ccccc1)c1ccccc1)Nc1ccc[nH]c1=O. The van der Waals surface area contributed by atoms with Crippen LogP contribution in [0.5, 0.6) is 0 Å². The van der Waals surface area contributed by atoms with Gasteiger partial charge in [0.25, 0.3) is 11.5 Å². The van der Waals surface area contributed by atoms with Crippen LogP contribution in [-0.4, -0.2) is 16.8 Å². The third-order valence-electron chi connectivity index (χ3n) is 4.03. The molecule has 0 bridgehead atoms. The molecule has 0 radical (unpaired) electrons. The molecule has 0 aliphatic heterocycles. The fourth-order valence-corrected chi connectivity index (χ4v) is 2.68. The third-order valence-corrected chi connectivity index (χ3v) is 4.03. The number of pyridine rings is 1. The fraction of sp³-hybridized carbons (Fsp3) is 0.0952. The van der Waals surface area contributed by atoms with Crippen molar-refractivity contribution in [1.29, 1.82) is 0 Å². The molecule has 6 heteroatoms. The number of hydrogen-bond acceptors (Lipinski definition) is 3. The van der Waals surface area contributed by atoms with E-state index in [-0.39, 0.29) is 29.5 Å². The standard InChI is InChI=1S/C21H19N3O3/c25-19(23-17-12-7-13-22-21(17)27)14-18(15-8-3-1-4-9-15)24-20(26)16-10-5-2-6-11-16/h1-13,18H,14H2,(H,22,27)(H,23,25)(H,24,26)/t18-/m0/s1. The van der Waals surface area contributed by atoms with Crippen LogP contribution in [0.3, 0.4) is 0 Å². The van der Waals surface area contributed by atoms with E-state index in [1.54, 1.807) is 30.3 Å². The van der Waals surface area contributed by atoms with Crippen molar-refractivity contribution in [2.45, 2.75) is 12.5 Å². The lowest BCUT2D eigenvalue weighted by atomic mass is 10.0. The molecule has 3 aromatic rings. The zero-order valence-corrected chi connectivity index (χ0v) is 14.5. The molecule has 136 valence electrons. The number of rotatable bonds is 6. The van der Waals surface area contributed by atoms with Gasteiger partial charge in [-0.25, -0.2) is 0 Å². The summed E-state index contributed by atoms with van der Waals surface area (Å²) in [5, 5.41) is 5.48. The van der Waals surface area contributed by atoms with Crippen LogP contribution in [0.1, 0.15) is 28.4 Å². The number of aromatic amines is 1. The Morgan fingerprint density at radius 3 is 2.22 bits per heavy atom. The minimum absolute atomic E-state index is 0.00305. The van der Waals surface area contributed by atoms with E-state index in [0.717, 1.165) is 5.56 Å². The summed E-state index contributed by atoms with van der Waals surface area (Å²) < 4.78 is 0. The predicted octanol–water partition coefficient (Wildman–Crippen LogP) is 2.87. The maximum absolute atomic E-state index is 12.5. The van der Waals surface area contributed by atoms with E-state index < -0.39 is 6.04 Å². The highest BCUT2D eigenvalue weighted by Gasteiger charge is 2.19. The Kier molecular flexibility index (Phi) is 5.79. The Morgan fingerprint density at radius 1 is 0.889 bits per heavy atom. The highest BCUT2D eigenvalue weighted by atomic mass is 16.2. The summed E-state index contributed by atoms with van der Waals surface area (Å²) in [6, 6.07) is 20.7. The zero-order valence-electron chi connectivity index (χ0n) is 14.5. The molecule has 27 heavy (non-hydrogen) atoms. The minimum atomic E-state index is -0.526. The van der Waals surface area contributed by atoms with E-state index in [1.807, 2.05) is 36.4 Å². The van der Waals surface area contributed by atoms with E-state index in [0.29, 0.717) is 5.56 Å². The minimum Gasteiger partial charge on any atom is -0.345 e. The monoisotopic (exact) mass is 361 g/mol. The van der Waals surface area contributed by atoms with Gasteiger partial charge in [0.15, 0.2) is 0 Å². The molecule has 0 unspecified atom stereocenters. The van der Waals surface area contributed by atoms with E-state index in [1.165, 1.54) is 12.3 Å². The predicted molar refractivity (Wildman–Crippen MR) is 103 cm³/mol. The Morgan fingerprint density at radius 2 is 1.56 bits per heavy atom. The van der Waals surface area contributed by atoms with Gasteiger partial charge in [0.1, 0.15) is 5.69 Å². The lowest BCUT2D eigenvalue weighted by Crippen LogP contribution is -2.32. The Balaban J connectivity index is 1.76. The average Bonchev–Trinajstić information content (AvgIpc) is 2.70. The van der Waals surface area contributed by atoms with Crippen molar-refractivity contribution in [1.82, 2.24) is 10.3 Å². The van der Waals surface area contributed by atoms with Gasteiger partial charge in [-0.3, -0.25) is 14.4 Å². The van der Waals surface area contributed by atoms with Gasteiger partial charge in [-0.05, 0) is 29.8 Å². The first-order chi connectivity index (χ1) is 13.1. The smallest absolute Gasteiger partial charge is 0.271 e. The number of anilines is 1. The zero-order chi connectivity index (χ0) is 19.1. The highest BCUT2D eigenvalue weighted by Crippen LogP contribution is 2.18. The normalized spacial score (nSPS) is 11.4. The molecule has 2 amide bonds. The molecule has 1 heterocycles. The van der Waals surface area contributed by atoms with Crippen molar-refractivity contribution < 1.29 is 9.59 Å². The van der Waals surface area contributed by atoms with Crippen LogP contribution in [0.2, 0.25) is 0 Å². The molecular weight excluding hydrogens is 342 g/mol. The number of amides is 2. The van der Waals surface area contributed by atoms with E-state index in [9.17, 15) is 14.4 Å². The second-order valence-electron chi connectivity index (χ2n) is 5.97. The topological polar surface area (TPSA) is 91.1 Å². The molecular formula is C21H19N3O3. The van der Waals surface area contributed by atoms with Gasteiger partial charge in [-0.15, -0.1) is 0 Å². The number of carbonyl (C=O) groups is 2. The van der Waals surface area contributed by atoms with Crippen LogP contribution in [0.25, 0.3) is 0 Å². The van der Waals surface area contributed by atoms with Crippen LogP contribution >= 0.6 is 0 Å². The molecule has 0 aliphatic carbocycles. The molecule has 0 fully saturated rings. The van der Waals surface area contributed by atoms with Crippen LogP contribution in [0, 0.1) is 0 Å². The molecule has 0 saturated heterocycles. The Bertz CT molecular complexity index is 968. The van der Waals surface area contributed by atoms with Gasteiger partial charge in [0.2, 0.25) is 5.91 Å². The molecule has 3 N–H and O–H groups in total. The van der Waals surface area contributed by atoms with Gasteiger partial charge in [0, 0.05) is 11.8 Å². The molecule has 0 spiro atoms. The summed E-state index contributed by atoms with van der Waals surface area (Å²) in [6.07, 6.45) is 1.49. The molecule has 0 saturated carbocycles. The number of hydrogen-bond donors (Lipinski definition) is 3. The van der Waals surface area contributed by atoms with Crippen molar-refractivity contribution in [3.8, 4) is 0 Å².